The van der Waals surface area contributed by atoms with E-state index in [4.69, 9.17) is 0 Å². The van der Waals surface area contributed by atoms with Crippen molar-refractivity contribution >= 4 is 11.8 Å². The van der Waals surface area contributed by atoms with Gasteiger partial charge >= 0.3 is 6.18 Å². The Kier molecular flexibility index (Phi) is 6.51. The summed E-state index contributed by atoms with van der Waals surface area (Å²) in [5.41, 5.74) is -0.224. The molecule has 2 aliphatic rings. The van der Waals surface area contributed by atoms with Gasteiger partial charge < -0.3 is 15.1 Å². The molecule has 5 nitrogen and oxygen atoms in total. The number of benzene rings is 1. The van der Waals surface area contributed by atoms with Crippen LogP contribution in [0.4, 0.5) is 13.2 Å². The summed E-state index contributed by atoms with van der Waals surface area (Å²) in [6.45, 7) is 1.50. The fourth-order valence-electron chi connectivity index (χ4n) is 3.81. The van der Waals surface area contributed by atoms with Gasteiger partial charge in [0, 0.05) is 25.6 Å². The molecule has 0 aromatic heterocycles. The number of carbonyl (C=O) groups is 2. The summed E-state index contributed by atoms with van der Waals surface area (Å²) in [7, 11) is 3.84. The van der Waals surface area contributed by atoms with E-state index in [0.29, 0.717) is 24.9 Å². The maximum atomic E-state index is 13.1. The largest absolute Gasteiger partial charge is 0.416 e. The average molecular weight is 411 g/mol. The second-order valence-electron chi connectivity index (χ2n) is 8.27. The van der Waals surface area contributed by atoms with E-state index in [0.717, 1.165) is 31.5 Å². The van der Waals surface area contributed by atoms with Gasteiger partial charge in [-0.3, -0.25) is 9.59 Å². The number of carbonyl (C=O) groups excluding carboxylic acids is 2. The molecule has 3 rings (SSSR count). The Morgan fingerprint density at radius 2 is 1.83 bits per heavy atom. The van der Waals surface area contributed by atoms with Crippen LogP contribution in [0.2, 0.25) is 0 Å². The molecule has 1 aromatic carbocycles. The molecule has 29 heavy (non-hydrogen) atoms. The molecule has 2 amide bonds. The Bertz CT molecular complexity index is 747. The lowest BCUT2D eigenvalue weighted by molar-refractivity contribution is -0.140. The minimum Gasteiger partial charge on any atom is -0.355 e. The first-order chi connectivity index (χ1) is 13.7. The zero-order valence-electron chi connectivity index (χ0n) is 16.8. The molecule has 2 fully saturated rings. The standard InChI is InChI=1S/C21H28F3N3O2/c1-26(2)11-10-25-19(28)16-8-9-18(27(13-16)20(29)14-6-7-14)15-4-3-5-17(12-15)21(22,23)24/h3-5,12,14,16,18H,6-11,13H2,1-2H3,(H,25,28)/t16-,18+/m1/s1. The third-order valence-corrected chi connectivity index (χ3v) is 5.62. The average Bonchev–Trinajstić information content (AvgIpc) is 3.51. The number of rotatable bonds is 6. The summed E-state index contributed by atoms with van der Waals surface area (Å²) < 4.78 is 39.4. The molecule has 1 N–H and O–H groups in total. The molecule has 1 aliphatic carbocycles. The summed E-state index contributed by atoms with van der Waals surface area (Å²) >= 11 is 0. The molecule has 160 valence electrons. The number of piperidine rings is 1. The quantitative estimate of drug-likeness (QED) is 0.783. The van der Waals surface area contributed by atoms with Crippen LogP contribution in [0.1, 0.15) is 42.9 Å². The number of likely N-dealkylation sites (tertiary alicyclic amines) is 1. The fraction of sp³-hybridized carbons (Fsp3) is 0.619. The molecular weight excluding hydrogens is 383 g/mol. The van der Waals surface area contributed by atoms with Gasteiger partial charge in [-0.25, -0.2) is 0 Å². The normalized spacial score (nSPS) is 22.6. The van der Waals surface area contributed by atoms with Crippen LogP contribution in [0.3, 0.4) is 0 Å². The van der Waals surface area contributed by atoms with Gasteiger partial charge in [-0.15, -0.1) is 0 Å². The number of halogens is 3. The van der Waals surface area contributed by atoms with Crippen molar-refractivity contribution in [3.8, 4) is 0 Å². The van der Waals surface area contributed by atoms with Crippen molar-refractivity contribution in [3.63, 3.8) is 0 Å². The maximum Gasteiger partial charge on any atom is 0.416 e. The second kappa shape index (κ2) is 8.73. The Morgan fingerprint density at radius 1 is 1.14 bits per heavy atom. The molecule has 1 aromatic rings. The maximum absolute atomic E-state index is 13.1. The first kappa shape index (κ1) is 21.6. The van der Waals surface area contributed by atoms with Crippen molar-refractivity contribution in [3.05, 3.63) is 35.4 Å². The highest BCUT2D eigenvalue weighted by Crippen LogP contribution is 2.40. The highest BCUT2D eigenvalue weighted by atomic mass is 19.4. The lowest BCUT2D eigenvalue weighted by atomic mass is 9.87. The van der Waals surface area contributed by atoms with Crippen LogP contribution in [-0.2, 0) is 15.8 Å². The van der Waals surface area contributed by atoms with Crippen molar-refractivity contribution < 1.29 is 22.8 Å². The molecule has 0 spiro atoms. The number of amides is 2. The number of hydrogen-bond acceptors (Lipinski definition) is 3. The third-order valence-electron chi connectivity index (χ3n) is 5.62. The number of nitrogens with zero attached hydrogens (tertiary/aromatic N) is 2. The number of nitrogens with one attached hydrogen (secondary N) is 1. The highest BCUT2D eigenvalue weighted by Gasteiger charge is 2.41. The first-order valence-corrected chi connectivity index (χ1v) is 10.1. The molecule has 1 heterocycles. The number of hydrogen-bond donors (Lipinski definition) is 1. The van der Waals surface area contributed by atoms with Crippen LogP contribution >= 0.6 is 0 Å². The zero-order chi connectivity index (χ0) is 21.2. The van der Waals surface area contributed by atoms with Gasteiger partial charge in [0.15, 0.2) is 0 Å². The van der Waals surface area contributed by atoms with E-state index >= 15 is 0 Å². The van der Waals surface area contributed by atoms with Crippen LogP contribution < -0.4 is 5.32 Å². The lowest BCUT2D eigenvalue weighted by Crippen LogP contribution is -2.48. The summed E-state index contributed by atoms with van der Waals surface area (Å²) in [6.07, 6.45) is -1.78. The van der Waals surface area contributed by atoms with Crippen molar-refractivity contribution in [1.29, 1.82) is 0 Å². The molecule has 1 aliphatic heterocycles. The van der Waals surface area contributed by atoms with Crippen molar-refractivity contribution in [1.82, 2.24) is 15.1 Å². The monoisotopic (exact) mass is 411 g/mol. The Morgan fingerprint density at radius 3 is 2.45 bits per heavy atom. The minimum atomic E-state index is -4.43. The van der Waals surface area contributed by atoms with Crippen molar-refractivity contribution in [2.24, 2.45) is 11.8 Å². The topological polar surface area (TPSA) is 52.7 Å². The van der Waals surface area contributed by atoms with Crippen LogP contribution in [0.5, 0.6) is 0 Å². The first-order valence-electron chi connectivity index (χ1n) is 10.1. The summed E-state index contributed by atoms with van der Waals surface area (Å²) in [6, 6.07) is 4.79. The van der Waals surface area contributed by atoms with E-state index in [2.05, 4.69) is 5.32 Å². The second-order valence-corrected chi connectivity index (χ2v) is 8.27. The predicted octanol–water partition coefficient (Wildman–Crippen LogP) is 3.07. The Hall–Kier alpha value is -2.09. The Balaban J connectivity index is 1.75. The van der Waals surface area contributed by atoms with Crippen LogP contribution in [0, 0.1) is 11.8 Å². The van der Waals surface area contributed by atoms with Gasteiger partial charge in [0.05, 0.1) is 17.5 Å². The van der Waals surface area contributed by atoms with Crippen LogP contribution in [0.15, 0.2) is 24.3 Å². The third kappa shape index (κ3) is 5.50. The van der Waals surface area contributed by atoms with Gasteiger partial charge in [0.2, 0.25) is 11.8 Å². The fourth-order valence-corrected chi connectivity index (χ4v) is 3.81. The molecule has 0 unspecified atom stereocenters. The highest BCUT2D eigenvalue weighted by molar-refractivity contribution is 5.84. The van der Waals surface area contributed by atoms with Crippen molar-refractivity contribution in [2.45, 2.75) is 37.9 Å². The molecule has 1 saturated heterocycles. The Labute approximate surface area is 169 Å². The lowest BCUT2D eigenvalue weighted by Gasteiger charge is -2.40. The zero-order valence-corrected chi connectivity index (χ0v) is 16.8. The molecular formula is C21H28F3N3O2. The van der Waals surface area contributed by atoms with Gasteiger partial charge in [-0.1, -0.05) is 12.1 Å². The SMILES string of the molecule is CN(C)CCNC(=O)[C@@H]1CC[C@@H](c2cccc(C(F)(F)F)c2)N(C(=O)C2CC2)C1. The van der Waals surface area contributed by atoms with E-state index in [9.17, 15) is 22.8 Å². The number of alkyl halides is 3. The van der Waals surface area contributed by atoms with Crippen molar-refractivity contribution in [2.75, 3.05) is 33.7 Å². The van der Waals surface area contributed by atoms with Gasteiger partial charge in [0.1, 0.15) is 0 Å². The van der Waals surface area contributed by atoms with Crippen LogP contribution in [0.25, 0.3) is 0 Å². The predicted molar refractivity (Wildman–Crippen MR) is 103 cm³/mol. The molecule has 0 radical (unpaired) electrons. The van der Waals surface area contributed by atoms with Gasteiger partial charge in [-0.05, 0) is 57.5 Å². The molecule has 8 heteroatoms. The van der Waals surface area contributed by atoms with E-state index in [-0.39, 0.29) is 30.2 Å². The number of likely N-dealkylation sites (N-methyl/N-ethyl adjacent to an activating group) is 1. The summed E-state index contributed by atoms with van der Waals surface area (Å²) in [5.74, 6) is -0.526. The van der Waals surface area contributed by atoms with E-state index in [1.54, 1.807) is 11.0 Å². The molecule has 1 saturated carbocycles. The molecule has 0 bridgehead atoms. The van der Waals surface area contributed by atoms with E-state index < -0.39 is 17.8 Å². The van der Waals surface area contributed by atoms with Crippen LogP contribution in [-0.4, -0.2) is 55.3 Å². The van der Waals surface area contributed by atoms with Gasteiger partial charge in [0.25, 0.3) is 0 Å². The van der Waals surface area contributed by atoms with Gasteiger partial charge in [-0.2, -0.15) is 13.2 Å². The van der Waals surface area contributed by atoms with E-state index in [1.165, 1.54) is 6.07 Å². The summed E-state index contributed by atoms with van der Waals surface area (Å²) in [5, 5.41) is 2.90. The molecule has 2 atom stereocenters. The minimum absolute atomic E-state index is 0.0433. The summed E-state index contributed by atoms with van der Waals surface area (Å²) in [4.78, 5) is 29.0. The smallest absolute Gasteiger partial charge is 0.355 e. The van der Waals surface area contributed by atoms with E-state index in [1.807, 2.05) is 19.0 Å².